The van der Waals surface area contributed by atoms with Crippen molar-refractivity contribution in [1.29, 1.82) is 0 Å². The molecular formula is C10H18N2O3. The van der Waals surface area contributed by atoms with Gasteiger partial charge in [0.15, 0.2) is 0 Å². The Labute approximate surface area is 89.7 Å². The number of hydrogen-bond donors (Lipinski definition) is 1. The average molecular weight is 214 g/mol. The normalized spacial score (nSPS) is 9.00. The van der Waals surface area contributed by atoms with Gasteiger partial charge in [-0.3, -0.25) is 0 Å². The third-order valence-electron chi connectivity index (χ3n) is 1.90. The lowest BCUT2D eigenvalue weighted by atomic mass is 10.3. The Kier molecular flexibility index (Phi) is 7.05. The maximum Gasteiger partial charge on any atom is 0.251 e. The summed E-state index contributed by atoms with van der Waals surface area (Å²) in [6.45, 7) is 5.45. The smallest absolute Gasteiger partial charge is 0.251 e. The van der Waals surface area contributed by atoms with Gasteiger partial charge in [-0.2, -0.15) is 0 Å². The summed E-state index contributed by atoms with van der Waals surface area (Å²) < 4.78 is 5.80. The third kappa shape index (κ3) is 6.54. The van der Waals surface area contributed by atoms with E-state index < -0.39 is 6.16 Å². The number of carbonyl (C=O) groups is 1. The van der Waals surface area contributed by atoms with Gasteiger partial charge in [-0.1, -0.05) is 13.3 Å². The van der Waals surface area contributed by atoms with Crippen molar-refractivity contribution in [2.24, 2.45) is 0 Å². The molecule has 0 atom stereocenters. The summed E-state index contributed by atoms with van der Waals surface area (Å²) in [4.78, 5) is 12.2. The fraction of sp³-hybridized carbons (Fsp3) is 0.600. The second-order valence-electron chi connectivity index (χ2n) is 3.05. The summed E-state index contributed by atoms with van der Waals surface area (Å²) in [5.41, 5.74) is 0. The SMILES string of the molecule is CCCC[n+]1cc[nH]c1C.COC(=O)[O-]. The number of hydrogen-bond acceptors (Lipinski definition) is 3. The molecule has 0 aliphatic rings. The van der Waals surface area contributed by atoms with Gasteiger partial charge in [-0.15, -0.1) is 0 Å². The molecule has 0 spiro atoms. The number of carboxylic acid groups (broad SMARTS) is 1. The number of imidazole rings is 1. The van der Waals surface area contributed by atoms with Gasteiger partial charge >= 0.3 is 0 Å². The van der Waals surface area contributed by atoms with Crippen LogP contribution in [0, 0.1) is 6.92 Å². The van der Waals surface area contributed by atoms with E-state index in [9.17, 15) is 0 Å². The second-order valence-corrected chi connectivity index (χ2v) is 3.05. The number of ether oxygens (including phenoxy) is 1. The molecular weight excluding hydrogens is 196 g/mol. The van der Waals surface area contributed by atoms with E-state index in [1.165, 1.54) is 18.7 Å². The number of methoxy groups -OCH3 is 1. The number of unbranched alkanes of at least 4 members (excludes halogenated alkanes) is 1. The predicted molar refractivity (Wildman–Crippen MR) is 53.0 cm³/mol. The number of H-pyrrole nitrogens is 1. The monoisotopic (exact) mass is 214 g/mol. The summed E-state index contributed by atoms with van der Waals surface area (Å²) in [5.74, 6) is 1.24. The van der Waals surface area contributed by atoms with Gasteiger partial charge in [0.05, 0.1) is 6.54 Å². The standard InChI is InChI=1S/C8H14N2.C2H4O3/c1-3-4-6-10-7-5-9-8(10)2;1-5-2(3)4/h5,7H,3-4,6H2,1-2H3;1H3,(H,3,4). The number of aromatic nitrogens is 2. The highest BCUT2D eigenvalue weighted by Crippen LogP contribution is 1.88. The minimum absolute atomic E-state index is 1.04. The van der Waals surface area contributed by atoms with Gasteiger partial charge in [0.2, 0.25) is 0 Å². The van der Waals surface area contributed by atoms with Crippen molar-refractivity contribution in [2.45, 2.75) is 33.2 Å². The fourth-order valence-corrected chi connectivity index (χ4v) is 1.01. The van der Waals surface area contributed by atoms with Crippen molar-refractivity contribution < 1.29 is 19.2 Å². The van der Waals surface area contributed by atoms with Crippen molar-refractivity contribution in [2.75, 3.05) is 7.11 Å². The van der Waals surface area contributed by atoms with Crippen molar-refractivity contribution in [3.8, 4) is 0 Å². The van der Waals surface area contributed by atoms with Gasteiger partial charge in [0.25, 0.3) is 12.0 Å². The summed E-state index contributed by atoms with van der Waals surface area (Å²) in [5, 5.41) is 9.03. The van der Waals surface area contributed by atoms with Gasteiger partial charge in [0.1, 0.15) is 12.4 Å². The lowest BCUT2D eigenvalue weighted by molar-refractivity contribution is -0.701. The van der Waals surface area contributed by atoms with Crippen LogP contribution in [0.2, 0.25) is 0 Å². The average Bonchev–Trinajstić information content (AvgIpc) is 2.62. The zero-order chi connectivity index (χ0) is 11.7. The molecule has 1 rings (SSSR count). The van der Waals surface area contributed by atoms with E-state index in [1.54, 1.807) is 0 Å². The van der Waals surface area contributed by atoms with Gasteiger partial charge in [-0.25, -0.2) is 9.55 Å². The summed E-state index contributed by atoms with van der Waals surface area (Å²) in [7, 11) is 1.04. The molecule has 15 heavy (non-hydrogen) atoms. The molecule has 0 aliphatic heterocycles. The molecule has 86 valence electrons. The molecule has 0 aliphatic carbocycles. The Bertz CT molecular complexity index is 284. The molecule has 1 N–H and O–H groups in total. The van der Waals surface area contributed by atoms with Gasteiger partial charge in [-0.05, 0) is 6.42 Å². The van der Waals surface area contributed by atoms with Crippen LogP contribution in [-0.2, 0) is 11.3 Å². The zero-order valence-electron chi connectivity index (χ0n) is 9.45. The minimum atomic E-state index is -1.50. The molecule has 1 aromatic rings. The zero-order valence-corrected chi connectivity index (χ0v) is 9.45. The number of aryl methyl sites for hydroxylation is 2. The Hall–Kier alpha value is -1.52. The lowest BCUT2D eigenvalue weighted by Gasteiger charge is -1.93. The fourth-order valence-electron chi connectivity index (χ4n) is 1.01. The molecule has 0 radical (unpaired) electrons. The molecule has 0 unspecified atom stereocenters. The largest absolute Gasteiger partial charge is 0.553 e. The molecule has 0 saturated heterocycles. The van der Waals surface area contributed by atoms with Gasteiger partial charge < -0.3 is 14.6 Å². The van der Waals surface area contributed by atoms with Crippen LogP contribution in [0.4, 0.5) is 4.79 Å². The van der Waals surface area contributed by atoms with Crippen LogP contribution < -0.4 is 9.67 Å². The molecule has 0 amide bonds. The minimum Gasteiger partial charge on any atom is -0.553 e. The number of carbonyl (C=O) groups excluding carboxylic acids is 1. The van der Waals surface area contributed by atoms with Crippen LogP contribution in [0.5, 0.6) is 0 Å². The van der Waals surface area contributed by atoms with Crippen molar-refractivity contribution in [3.63, 3.8) is 0 Å². The Morgan fingerprint density at radius 2 is 2.27 bits per heavy atom. The highest BCUT2D eigenvalue weighted by molar-refractivity contribution is 5.53. The van der Waals surface area contributed by atoms with Crippen LogP contribution in [0.15, 0.2) is 12.4 Å². The number of nitrogens with zero attached hydrogens (tertiary/aromatic N) is 1. The van der Waals surface area contributed by atoms with Crippen LogP contribution >= 0.6 is 0 Å². The third-order valence-corrected chi connectivity index (χ3v) is 1.90. The molecule has 0 aromatic carbocycles. The van der Waals surface area contributed by atoms with E-state index in [-0.39, 0.29) is 0 Å². The highest BCUT2D eigenvalue weighted by atomic mass is 16.6. The maximum absolute atomic E-state index is 9.03. The summed E-state index contributed by atoms with van der Waals surface area (Å²) in [6.07, 6.45) is 5.10. The Morgan fingerprint density at radius 1 is 1.67 bits per heavy atom. The topological polar surface area (TPSA) is 69.0 Å². The van der Waals surface area contributed by atoms with E-state index in [2.05, 4.69) is 34.3 Å². The number of nitrogens with one attached hydrogen (secondary N) is 1. The number of rotatable bonds is 3. The van der Waals surface area contributed by atoms with E-state index in [4.69, 9.17) is 9.90 Å². The molecule has 0 bridgehead atoms. The van der Waals surface area contributed by atoms with E-state index in [0.29, 0.717) is 0 Å². The molecule has 0 fully saturated rings. The molecule has 5 heteroatoms. The first-order valence-electron chi connectivity index (χ1n) is 4.90. The van der Waals surface area contributed by atoms with Gasteiger partial charge in [0, 0.05) is 14.0 Å². The quantitative estimate of drug-likeness (QED) is 0.584. The predicted octanol–water partition coefficient (Wildman–Crippen LogP) is 0.387. The molecule has 5 nitrogen and oxygen atoms in total. The lowest BCUT2D eigenvalue weighted by Crippen LogP contribution is -2.34. The van der Waals surface area contributed by atoms with E-state index in [1.807, 2.05) is 6.20 Å². The highest BCUT2D eigenvalue weighted by Gasteiger charge is 2.01. The summed E-state index contributed by atoms with van der Waals surface area (Å²) in [6, 6.07) is 0. The Balaban J connectivity index is 0.000000336. The van der Waals surface area contributed by atoms with Crippen LogP contribution in [0.3, 0.4) is 0 Å². The van der Waals surface area contributed by atoms with Crippen LogP contribution in [-0.4, -0.2) is 18.2 Å². The van der Waals surface area contributed by atoms with Crippen molar-refractivity contribution in [3.05, 3.63) is 18.2 Å². The molecule has 1 aromatic heterocycles. The summed E-state index contributed by atoms with van der Waals surface area (Å²) >= 11 is 0. The first kappa shape index (κ1) is 13.5. The van der Waals surface area contributed by atoms with E-state index in [0.717, 1.165) is 13.7 Å². The second kappa shape index (κ2) is 7.84. The number of aromatic amines is 1. The van der Waals surface area contributed by atoms with E-state index >= 15 is 0 Å². The molecule has 1 heterocycles. The Morgan fingerprint density at radius 3 is 2.60 bits per heavy atom. The maximum atomic E-state index is 9.03. The first-order valence-corrected chi connectivity index (χ1v) is 4.90. The first-order chi connectivity index (χ1) is 7.11. The van der Waals surface area contributed by atoms with Crippen molar-refractivity contribution in [1.82, 2.24) is 4.98 Å². The van der Waals surface area contributed by atoms with Crippen LogP contribution in [0.1, 0.15) is 25.6 Å². The van der Waals surface area contributed by atoms with Crippen LogP contribution in [0.25, 0.3) is 0 Å². The van der Waals surface area contributed by atoms with Crippen molar-refractivity contribution >= 4 is 6.16 Å². The molecule has 0 saturated carbocycles.